The highest BCUT2D eigenvalue weighted by Crippen LogP contribution is 2.05. The summed E-state index contributed by atoms with van der Waals surface area (Å²) >= 11 is 0. The minimum atomic E-state index is -3.59. The summed E-state index contributed by atoms with van der Waals surface area (Å²) in [6, 6.07) is 0. The second-order valence-corrected chi connectivity index (χ2v) is 6.18. The van der Waals surface area contributed by atoms with Crippen molar-refractivity contribution in [3.05, 3.63) is 12.4 Å². The zero-order valence-corrected chi connectivity index (χ0v) is 12.4. The highest BCUT2D eigenvalue weighted by Gasteiger charge is 2.16. The van der Waals surface area contributed by atoms with E-state index in [9.17, 15) is 13.2 Å². The van der Waals surface area contributed by atoms with Crippen LogP contribution in [0.15, 0.2) is 17.3 Å². The van der Waals surface area contributed by atoms with Crippen molar-refractivity contribution in [2.24, 2.45) is 7.05 Å². The summed E-state index contributed by atoms with van der Waals surface area (Å²) in [6.45, 7) is 2.96. The molecule has 0 spiro atoms. The molecule has 0 amide bonds. The van der Waals surface area contributed by atoms with Gasteiger partial charge in [0.2, 0.25) is 10.0 Å². The van der Waals surface area contributed by atoms with E-state index in [-0.39, 0.29) is 18.0 Å². The molecule has 0 unspecified atom stereocenters. The monoisotopic (exact) mass is 304 g/mol. The average molecular weight is 304 g/mol. The van der Waals surface area contributed by atoms with Crippen LogP contribution in [0.4, 0.5) is 0 Å². The van der Waals surface area contributed by atoms with Gasteiger partial charge in [-0.15, -0.1) is 0 Å². The number of sulfonamides is 1. The number of aryl methyl sites for hydroxylation is 1. The van der Waals surface area contributed by atoms with E-state index in [4.69, 9.17) is 5.11 Å². The summed E-state index contributed by atoms with van der Waals surface area (Å²) in [6.07, 6.45) is 3.48. The molecular formula is C11H20N4O4S. The van der Waals surface area contributed by atoms with Gasteiger partial charge in [-0.3, -0.25) is 14.4 Å². The SMILES string of the molecule is CCCN(CCNS(=O)(=O)c1cnn(C)c1)CC(=O)O. The van der Waals surface area contributed by atoms with Gasteiger partial charge in [-0.1, -0.05) is 6.92 Å². The molecule has 114 valence electrons. The molecule has 0 bridgehead atoms. The lowest BCUT2D eigenvalue weighted by Gasteiger charge is -2.19. The number of carbonyl (C=O) groups is 1. The smallest absolute Gasteiger partial charge is 0.317 e. The van der Waals surface area contributed by atoms with E-state index < -0.39 is 16.0 Å². The molecule has 2 N–H and O–H groups in total. The lowest BCUT2D eigenvalue weighted by Crippen LogP contribution is -2.38. The first-order chi connectivity index (χ1) is 9.35. The fourth-order valence-corrected chi connectivity index (χ4v) is 2.74. The van der Waals surface area contributed by atoms with Crippen molar-refractivity contribution < 1.29 is 18.3 Å². The lowest BCUT2D eigenvalue weighted by atomic mass is 10.4. The Hall–Kier alpha value is -1.45. The molecule has 1 aromatic heterocycles. The van der Waals surface area contributed by atoms with Crippen LogP contribution in [0, 0.1) is 0 Å². The largest absolute Gasteiger partial charge is 0.480 e. The van der Waals surface area contributed by atoms with Crippen molar-refractivity contribution in [2.75, 3.05) is 26.2 Å². The van der Waals surface area contributed by atoms with Gasteiger partial charge < -0.3 is 5.11 Å². The van der Waals surface area contributed by atoms with E-state index in [1.54, 1.807) is 11.9 Å². The summed E-state index contributed by atoms with van der Waals surface area (Å²) in [7, 11) is -1.95. The van der Waals surface area contributed by atoms with Crippen molar-refractivity contribution in [1.29, 1.82) is 0 Å². The first-order valence-electron chi connectivity index (χ1n) is 6.27. The predicted molar refractivity (Wildman–Crippen MR) is 72.8 cm³/mol. The molecule has 0 saturated heterocycles. The van der Waals surface area contributed by atoms with Gasteiger partial charge in [0.1, 0.15) is 4.90 Å². The molecular weight excluding hydrogens is 284 g/mol. The maximum Gasteiger partial charge on any atom is 0.317 e. The Morgan fingerprint density at radius 3 is 2.70 bits per heavy atom. The number of hydrogen-bond acceptors (Lipinski definition) is 5. The van der Waals surface area contributed by atoms with Gasteiger partial charge in [0.25, 0.3) is 0 Å². The van der Waals surface area contributed by atoms with E-state index in [0.717, 1.165) is 6.42 Å². The number of aromatic nitrogens is 2. The van der Waals surface area contributed by atoms with Crippen LogP contribution in [0.3, 0.4) is 0 Å². The Labute approximate surface area is 118 Å². The molecule has 1 heterocycles. The minimum Gasteiger partial charge on any atom is -0.480 e. The quantitative estimate of drug-likeness (QED) is 0.637. The lowest BCUT2D eigenvalue weighted by molar-refractivity contribution is -0.138. The number of nitrogens with zero attached hydrogens (tertiary/aromatic N) is 3. The second-order valence-electron chi connectivity index (χ2n) is 4.42. The van der Waals surface area contributed by atoms with Gasteiger partial charge in [-0.05, 0) is 13.0 Å². The van der Waals surface area contributed by atoms with Crippen LogP contribution in [-0.2, 0) is 21.9 Å². The van der Waals surface area contributed by atoms with Gasteiger partial charge in [0.15, 0.2) is 0 Å². The highest BCUT2D eigenvalue weighted by atomic mass is 32.2. The predicted octanol–water partition coefficient (Wildman–Crippen LogP) is -0.505. The van der Waals surface area contributed by atoms with E-state index in [1.807, 2.05) is 6.92 Å². The number of aliphatic carboxylic acids is 1. The number of hydrogen-bond donors (Lipinski definition) is 2. The van der Waals surface area contributed by atoms with Crippen molar-refractivity contribution in [3.8, 4) is 0 Å². The molecule has 9 heteroatoms. The third kappa shape index (κ3) is 5.27. The molecule has 0 saturated carbocycles. The van der Waals surface area contributed by atoms with Gasteiger partial charge in [-0.25, -0.2) is 13.1 Å². The summed E-state index contributed by atoms with van der Waals surface area (Å²) < 4.78 is 27.7. The molecule has 0 aliphatic rings. The number of nitrogens with one attached hydrogen (secondary N) is 1. The Morgan fingerprint density at radius 1 is 1.50 bits per heavy atom. The zero-order valence-electron chi connectivity index (χ0n) is 11.6. The highest BCUT2D eigenvalue weighted by molar-refractivity contribution is 7.89. The molecule has 1 rings (SSSR count). The summed E-state index contributed by atoms with van der Waals surface area (Å²) in [5.74, 6) is -0.923. The molecule has 20 heavy (non-hydrogen) atoms. The van der Waals surface area contributed by atoms with E-state index >= 15 is 0 Å². The topological polar surface area (TPSA) is 105 Å². The van der Waals surface area contributed by atoms with Gasteiger partial charge in [0.05, 0.1) is 12.7 Å². The van der Waals surface area contributed by atoms with E-state index in [0.29, 0.717) is 13.1 Å². The Morgan fingerprint density at radius 2 is 2.20 bits per heavy atom. The molecule has 8 nitrogen and oxygen atoms in total. The second kappa shape index (κ2) is 7.36. The van der Waals surface area contributed by atoms with Crippen molar-refractivity contribution in [3.63, 3.8) is 0 Å². The number of carboxylic acid groups (broad SMARTS) is 1. The molecule has 0 aromatic carbocycles. The molecule has 0 atom stereocenters. The summed E-state index contributed by atoms with van der Waals surface area (Å²) in [4.78, 5) is 12.5. The average Bonchev–Trinajstić information content (AvgIpc) is 2.76. The van der Waals surface area contributed by atoms with Crippen LogP contribution in [0.5, 0.6) is 0 Å². The van der Waals surface area contributed by atoms with Crippen LogP contribution in [-0.4, -0.2) is 60.4 Å². The van der Waals surface area contributed by atoms with Crippen LogP contribution >= 0.6 is 0 Å². The molecule has 0 fully saturated rings. The van der Waals surface area contributed by atoms with E-state index in [1.165, 1.54) is 17.1 Å². The Kier molecular flexibility index (Phi) is 6.11. The third-order valence-corrected chi connectivity index (χ3v) is 4.03. The first kappa shape index (κ1) is 16.6. The van der Waals surface area contributed by atoms with Crippen molar-refractivity contribution in [2.45, 2.75) is 18.2 Å². The maximum absolute atomic E-state index is 11.9. The van der Waals surface area contributed by atoms with Crippen LogP contribution in [0.2, 0.25) is 0 Å². The summed E-state index contributed by atoms with van der Waals surface area (Å²) in [5.41, 5.74) is 0. The fourth-order valence-electron chi connectivity index (χ4n) is 1.74. The number of rotatable bonds is 9. The van der Waals surface area contributed by atoms with Gasteiger partial charge in [0, 0.05) is 26.3 Å². The van der Waals surface area contributed by atoms with Gasteiger partial charge in [-0.2, -0.15) is 5.10 Å². The van der Waals surface area contributed by atoms with Crippen LogP contribution < -0.4 is 4.72 Å². The van der Waals surface area contributed by atoms with Gasteiger partial charge >= 0.3 is 5.97 Å². The Bertz CT molecular complexity index is 540. The Balaban J connectivity index is 2.51. The molecule has 1 aromatic rings. The maximum atomic E-state index is 11.9. The minimum absolute atomic E-state index is 0.0948. The van der Waals surface area contributed by atoms with Crippen LogP contribution in [0.25, 0.3) is 0 Å². The van der Waals surface area contributed by atoms with Crippen molar-refractivity contribution >= 4 is 16.0 Å². The standard InChI is InChI=1S/C11H20N4O4S/c1-3-5-15(9-11(16)17)6-4-13-20(18,19)10-7-12-14(2)8-10/h7-8,13H,3-6,9H2,1-2H3,(H,16,17). The number of carboxylic acids is 1. The first-order valence-corrected chi connectivity index (χ1v) is 7.76. The molecule has 0 radical (unpaired) electrons. The fraction of sp³-hybridized carbons (Fsp3) is 0.636. The molecule has 0 aliphatic carbocycles. The van der Waals surface area contributed by atoms with Crippen LogP contribution in [0.1, 0.15) is 13.3 Å². The normalized spacial score (nSPS) is 11.9. The third-order valence-electron chi connectivity index (χ3n) is 2.61. The van der Waals surface area contributed by atoms with E-state index in [2.05, 4.69) is 9.82 Å². The van der Waals surface area contributed by atoms with Crippen molar-refractivity contribution in [1.82, 2.24) is 19.4 Å². The summed E-state index contributed by atoms with van der Waals surface area (Å²) in [5, 5.41) is 12.6. The molecule has 0 aliphatic heterocycles. The zero-order chi connectivity index (χ0) is 15.2.